The number of H-pyrrole nitrogens is 1. The zero-order chi connectivity index (χ0) is 11.8. The van der Waals surface area contributed by atoms with Gasteiger partial charge in [0.25, 0.3) is 0 Å². The molecule has 3 aromatic rings. The molecule has 3 heteroatoms. The number of fused-ring (bicyclic) bond motifs is 1. The third-order valence-corrected chi connectivity index (χ3v) is 2.89. The lowest BCUT2D eigenvalue weighted by atomic mass is 10.1. The van der Waals surface area contributed by atoms with Gasteiger partial charge in [0.15, 0.2) is 5.65 Å². The molecule has 0 atom stereocenters. The van der Waals surface area contributed by atoms with Crippen molar-refractivity contribution >= 4 is 11.2 Å². The molecule has 0 fully saturated rings. The largest absolute Gasteiger partial charge is 0.336 e. The van der Waals surface area contributed by atoms with E-state index in [1.54, 1.807) is 6.20 Å². The predicted molar refractivity (Wildman–Crippen MR) is 68.8 cm³/mol. The van der Waals surface area contributed by atoms with Crippen LogP contribution < -0.4 is 0 Å². The van der Waals surface area contributed by atoms with Gasteiger partial charge in [0, 0.05) is 11.8 Å². The number of nitrogens with one attached hydrogen (secondary N) is 1. The zero-order valence-corrected chi connectivity index (χ0v) is 9.86. The van der Waals surface area contributed by atoms with Gasteiger partial charge in [-0.2, -0.15) is 0 Å². The fourth-order valence-corrected chi connectivity index (χ4v) is 1.96. The van der Waals surface area contributed by atoms with Crippen molar-refractivity contribution in [2.45, 2.75) is 13.8 Å². The average molecular weight is 223 g/mol. The van der Waals surface area contributed by atoms with Gasteiger partial charge >= 0.3 is 0 Å². The van der Waals surface area contributed by atoms with E-state index in [1.165, 1.54) is 11.1 Å². The van der Waals surface area contributed by atoms with Crippen LogP contribution in [0.1, 0.15) is 11.1 Å². The first-order valence-electron chi connectivity index (χ1n) is 5.62. The van der Waals surface area contributed by atoms with E-state index in [9.17, 15) is 0 Å². The number of aromatic amines is 1. The summed E-state index contributed by atoms with van der Waals surface area (Å²) in [5.74, 6) is 0.880. The second kappa shape index (κ2) is 3.70. The van der Waals surface area contributed by atoms with Crippen LogP contribution in [0.15, 0.2) is 36.5 Å². The third kappa shape index (κ3) is 1.69. The minimum Gasteiger partial charge on any atom is -0.336 e. The maximum atomic E-state index is 4.52. The van der Waals surface area contributed by atoms with Crippen molar-refractivity contribution < 1.29 is 0 Å². The van der Waals surface area contributed by atoms with Crippen LogP contribution in [0.2, 0.25) is 0 Å². The first-order valence-corrected chi connectivity index (χ1v) is 5.62. The van der Waals surface area contributed by atoms with Gasteiger partial charge in [0.05, 0.1) is 5.52 Å². The van der Waals surface area contributed by atoms with Gasteiger partial charge in [0.1, 0.15) is 5.82 Å². The molecule has 84 valence electrons. The van der Waals surface area contributed by atoms with E-state index in [4.69, 9.17) is 0 Å². The minimum atomic E-state index is 0.779. The fourth-order valence-electron chi connectivity index (χ4n) is 1.96. The maximum absolute atomic E-state index is 4.52. The first-order chi connectivity index (χ1) is 8.24. The molecule has 0 aliphatic rings. The molecule has 2 heterocycles. The van der Waals surface area contributed by atoms with Crippen LogP contribution in [0.25, 0.3) is 22.6 Å². The molecular formula is C14H13N3. The molecule has 2 aromatic heterocycles. The Labute approximate surface area is 99.5 Å². The normalized spacial score (nSPS) is 10.9. The second-order valence-electron chi connectivity index (χ2n) is 4.28. The van der Waals surface area contributed by atoms with E-state index in [0.717, 1.165) is 22.6 Å². The highest BCUT2D eigenvalue weighted by atomic mass is 15.0. The molecule has 0 bridgehead atoms. The number of pyridine rings is 1. The Morgan fingerprint density at radius 2 is 2.00 bits per heavy atom. The van der Waals surface area contributed by atoms with Gasteiger partial charge in [-0.3, -0.25) is 0 Å². The van der Waals surface area contributed by atoms with Gasteiger partial charge in [-0.15, -0.1) is 0 Å². The third-order valence-electron chi connectivity index (χ3n) is 2.89. The monoisotopic (exact) mass is 223 g/mol. The van der Waals surface area contributed by atoms with Crippen molar-refractivity contribution in [3.8, 4) is 11.4 Å². The van der Waals surface area contributed by atoms with Crippen LogP contribution in [0, 0.1) is 13.8 Å². The van der Waals surface area contributed by atoms with Crippen molar-refractivity contribution in [1.82, 2.24) is 15.0 Å². The molecule has 0 aliphatic heterocycles. The number of aryl methyl sites for hydroxylation is 2. The molecule has 3 rings (SSSR count). The van der Waals surface area contributed by atoms with Crippen molar-refractivity contribution in [2.75, 3.05) is 0 Å². The van der Waals surface area contributed by atoms with E-state index >= 15 is 0 Å². The van der Waals surface area contributed by atoms with Gasteiger partial charge in [0.2, 0.25) is 0 Å². The van der Waals surface area contributed by atoms with Crippen LogP contribution in [-0.2, 0) is 0 Å². The van der Waals surface area contributed by atoms with Crippen molar-refractivity contribution in [1.29, 1.82) is 0 Å². The number of hydrogen-bond donors (Lipinski definition) is 1. The summed E-state index contributed by atoms with van der Waals surface area (Å²) in [4.78, 5) is 12.1. The lowest BCUT2D eigenvalue weighted by Gasteiger charge is -1.97. The topological polar surface area (TPSA) is 41.6 Å². The lowest BCUT2D eigenvalue weighted by Crippen LogP contribution is -1.81. The molecule has 1 N–H and O–H groups in total. The second-order valence-corrected chi connectivity index (χ2v) is 4.28. The Morgan fingerprint density at radius 1 is 1.12 bits per heavy atom. The summed E-state index contributed by atoms with van der Waals surface area (Å²) in [6.45, 7) is 4.14. The van der Waals surface area contributed by atoms with Crippen LogP contribution in [-0.4, -0.2) is 15.0 Å². The molecule has 17 heavy (non-hydrogen) atoms. The molecule has 0 amide bonds. The van der Waals surface area contributed by atoms with Crippen molar-refractivity contribution in [2.24, 2.45) is 0 Å². The molecule has 0 aliphatic carbocycles. The summed E-state index contributed by atoms with van der Waals surface area (Å²) >= 11 is 0. The Morgan fingerprint density at radius 3 is 2.76 bits per heavy atom. The summed E-state index contributed by atoms with van der Waals surface area (Å²) in [5, 5.41) is 0. The Hall–Kier alpha value is -2.16. The van der Waals surface area contributed by atoms with E-state index in [2.05, 4.69) is 47.0 Å². The van der Waals surface area contributed by atoms with E-state index in [0.29, 0.717) is 0 Å². The molecule has 0 radical (unpaired) electrons. The molecule has 1 aromatic carbocycles. The first kappa shape index (κ1) is 10.0. The number of nitrogens with zero attached hydrogens (tertiary/aromatic N) is 2. The minimum absolute atomic E-state index is 0.779. The van der Waals surface area contributed by atoms with Crippen LogP contribution in [0.5, 0.6) is 0 Å². The highest BCUT2D eigenvalue weighted by molar-refractivity contribution is 5.78. The summed E-state index contributed by atoms with van der Waals surface area (Å²) in [7, 11) is 0. The van der Waals surface area contributed by atoms with Crippen molar-refractivity contribution in [3.63, 3.8) is 0 Å². The number of rotatable bonds is 1. The maximum Gasteiger partial charge on any atom is 0.178 e. The van der Waals surface area contributed by atoms with Gasteiger partial charge in [-0.25, -0.2) is 9.97 Å². The highest BCUT2D eigenvalue weighted by Gasteiger charge is 2.07. The lowest BCUT2D eigenvalue weighted by molar-refractivity contribution is 1.29. The smallest absolute Gasteiger partial charge is 0.178 e. The number of benzene rings is 1. The van der Waals surface area contributed by atoms with E-state index in [-0.39, 0.29) is 0 Å². The summed E-state index contributed by atoms with van der Waals surface area (Å²) in [6.07, 6.45) is 1.79. The van der Waals surface area contributed by atoms with Gasteiger partial charge in [-0.1, -0.05) is 23.8 Å². The Bertz CT molecular complexity index is 683. The summed E-state index contributed by atoms with van der Waals surface area (Å²) < 4.78 is 0. The zero-order valence-electron chi connectivity index (χ0n) is 9.86. The van der Waals surface area contributed by atoms with Crippen LogP contribution in [0.3, 0.4) is 0 Å². The average Bonchev–Trinajstić information content (AvgIpc) is 2.74. The Kier molecular flexibility index (Phi) is 2.18. The van der Waals surface area contributed by atoms with Crippen LogP contribution >= 0.6 is 0 Å². The molecule has 0 spiro atoms. The SMILES string of the molecule is Cc1cccc(-c2nc3nccc(C)c3[nH]2)c1. The van der Waals surface area contributed by atoms with E-state index in [1.807, 2.05) is 12.1 Å². The quantitative estimate of drug-likeness (QED) is 0.688. The number of hydrogen-bond acceptors (Lipinski definition) is 2. The molecule has 0 saturated heterocycles. The predicted octanol–water partition coefficient (Wildman–Crippen LogP) is 3.24. The van der Waals surface area contributed by atoms with Crippen molar-refractivity contribution in [3.05, 3.63) is 47.7 Å². The Balaban J connectivity index is 2.22. The summed E-state index contributed by atoms with van der Waals surface area (Å²) in [5.41, 5.74) is 5.29. The van der Waals surface area contributed by atoms with E-state index < -0.39 is 0 Å². The fraction of sp³-hybridized carbons (Fsp3) is 0.143. The molecule has 0 unspecified atom stereocenters. The van der Waals surface area contributed by atoms with Crippen LogP contribution in [0.4, 0.5) is 0 Å². The number of imidazole rings is 1. The summed E-state index contributed by atoms with van der Waals surface area (Å²) in [6, 6.07) is 10.3. The molecule has 0 saturated carbocycles. The number of aromatic nitrogens is 3. The van der Waals surface area contributed by atoms with Gasteiger partial charge in [-0.05, 0) is 31.5 Å². The highest BCUT2D eigenvalue weighted by Crippen LogP contribution is 2.21. The molecule has 3 nitrogen and oxygen atoms in total. The standard InChI is InChI=1S/C14H13N3/c1-9-4-3-5-11(8-9)13-16-12-10(2)6-7-15-14(12)17-13/h3-8H,1-2H3,(H,15,16,17). The van der Waals surface area contributed by atoms with Gasteiger partial charge < -0.3 is 4.98 Å². The molecular weight excluding hydrogens is 210 g/mol.